The SMILES string of the molecule is Cc1cccc(N(C(N)=O)C(=O)Oc2ccccc2C)c1. The highest BCUT2D eigenvalue weighted by Crippen LogP contribution is 2.21. The number of aryl methyl sites for hydroxylation is 2. The summed E-state index contributed by atoms with van der Waals surface area (Å²) in [6.45, 7) is 3.67. The molecule has 0 fully saturated rings. The lowest BCUT2D eigenvalue weighted by Gasteiger charge is -2.19. The molecule has 108 valence electrons. The summed E-state index contributed by atoms with van der Waals surface area (Å²) in [5, 5.41) is 0. The zero-order valence-electron chi connectivity index (χ0n) is 11.9. The number of carbonyl (C=O) groups excluding carboxylic acids is 2. The van der Waals surface area contributed by atoms with Gasteiger partial charge in [-0.05, 0) is 43.2 Å². The molecule has 5 heteroatoms. The summed E-state index contributed by atoms with van der Waals surface area (Å²) >= 11 is 0. The van der Waals surface area contributed by atoms with Crippen LogP contribution in [0.25, 0.3) is 0 Å². The van der Waals surface area contributed by atoms with Crippen molar-refractivity contribution in [1.29, 1.82) is 0 Å². The van der Waals surface area contributed by atoms with Crippen molar-refractivity contribution in [2.45, 2.75) is 13.8 Å². The van der Waals surface area contributed by atoms with Crippen molar-refractivity contribution in [2.24, 2.45) is 5.73 Å². The lowest BCUT2D eigenvalue weighted by atomic mass is 10.2. The average Bonchev–Trinajstić information content (AvgIpc) is 2.41. The van der Waals surface area contributed by atoms with Gasteiger partial charge < -0.3 is 10.5 Å². The number of imide groups is 1. The number of rotatable bonds is 2. The summed E-state index contributed by atoms with van der Waals surface area (Å²) in [6.07, 6.45) is -0.831. The van der Waals surface area contributed by atoms with E-state index in [1.807, 2.05) is 32.0 Å². The van der Waals surface area contributed by atoms with Crippen molar-refractivity contribution in [3.05, 3.63) is 59.7 Å². The number of carbonyl (C=O) groups is 2. The quantitative estimate of drug-likeness (QED) is 0.918. The normalized spacial score (nSPS) is 10.0. The highest BCUT2D eigenvalue weighted by Gasteiger charge is 2.23. The first-order chi connectivity index (χ1) is 9.99. The first-order valence-corrected chi connectivity index (χ1v) is 6.42. The number of benzene rings is 2. The Morgan fingerprint density at radius 1 is 1.05 bits per heavy atom. The zero-order chi connectivity index (χ0) is 15.4. The summed E-state index contributed by atoms with van der Waals surface area (Å²) in [6, 6.07) is 13.1. The largest absolute Gasteiger partial charge is 0.428 e. The van der Waals surface area contributed by atoms with Crippen molar-refractivity contribution in [1.82, 2.24) is 0 Å². The van der Waals surface area contributed by atoms with Gasteiger partial charge in [0.25, 0.3) is 0 Å². The van der Waals surface area contributed by atoms with Crippen molar-refractivity contribution in [3.63, 3.8) is 0 Å². The fourth-order valence-corrected chi connectivity index (χ4v) is 1.90. The third kappa shape index (κ3) is 3.39. The molecule has 0 saturated heterocycles. The molecular formula is C16H16N2O3. The van der Waals surface area contributed by atoms with Crippen molar-refractivity contribution < 1.29 is 14.3 Å². The van der Waals surface area contributed by atoms with Gasteiger partial charge in [0.2, 0.25) is 0 Å². The predicted octanol–water partition coefficient (Wildman–Crippen LogP) is 3.39. The minimum atomic E-state index is -0.890. The monoisotopic (exact) mass is 284 g/mol. The van der Waals surface area contributed by atoms with Crippen LogP contribution >= 0.6 is 0 Å². The summed E-state index contributed by atoms with van der Waals surface area (Å²) in [4.78, 5) is 24.6. The van der Waals surface area contributed by atoms with Gasteiger partial charge in [0.15, 0.2) is 0 Å². The Bertz CT molecular complexity index is 683. The van der Waals surface area contributed by atoms with E-state index in [9.17, 15) is 9.59 Å². The minimum Gasteiger partial charge on any atom is -0.409 e. The molecule has 0 unspecified atom stereocenters. The predicted molar refractivity (Wildman–Crippen MR) is 80.4 cm³/mol. The van der Waals surface area contributed by atoms with Gasteiger partial charge in [0, 0.05) is 0 Å². The maximum absolute atomic E-state index is 12.2. The smallest absolute Gasteiger partial charge is 0.409 e. The van der Waals surface area contributed by atoms with Crippen LogP contribution in [0.2, 0.25) is 0 Å². The highest BCUT2D eigenvalue weighted by molar-refractivity contribution is 6.11. The molecule has 0 aliphatic carbocycles. The van der Waals surface area contributed by atoms with Gasteiger partial charge in [0.1, 0.15) is 5.75 Å². The molecule has 5 nitrogen and oxygen atoms in total. The molecule has 0 aliphatic heterocycles. The van der Waals surface area contributed by atoms with E-state index < -0.39 is 12.1 Å². The molecule has 0 aromatic heterocycles. The van der Waals surface area contributed by atoms with Crippen LogP contribution in [0.1, 0.15) is 11.1 Å². The summed E-state index contributed by atoms with van der Waals surface area (Å²) in [5.41, 5.74) is 7.37. The molecule has 21 heavy (non-hydrogen) atoms. The van der Waals surface area contributed by atoms with Crippen LogP contribution in [0.5, 0.6) is 5.75 Å². The van der Waals surface area contributed by atoms with Gasteiger partial charge in [0.05, 0.1) is 5.69 Å². The van der Waals surface area contributed by atoms with E-state index in [1.54, 1.807) is 30.3 Å². The van der Waals surface area contributed by atoms with E-state index in [0.717, 1.165) is 16.0 Å². The Hall–Kier alpha value is -2.82. The number of primary amides is 1. The number of hydrogen-bond acceptors (Lipinski definition) is 3. The molecule has 0 radical (unpaired) electrons. The number of urea groups is 1. The molecular weight excluding hydrogens is 268 g/mol. The standard InChI is InChI=1S/C16H16N2O3/c1-11-6-5-8-13(10-11)18(15(17)19)16(20)21-14-9-4-3-7-12(14)2/h3-10H,1-2H3,(H2,17,19). The molecule has 0 saturated carbocycles. The second-order valence-electron chi connectivity index (χ2n) is 4.65. The van der Waals surface area contributed by atoms with E-state index in [0.29, 0.717) is 11.4 Å². The fraction of sp³-hybridized carbons (Fsp3) is 0.125. The Balaban J connectivity index is 2.29. The molecule has 2 aromatic rings. The van der Waals surface area contributed by atoms with Gasteiger partial charge in [-0.1, -0.05) is 30.3 Å². The van der Waals surface area contributed by atoms with E-state index >= 15 is 0 Å². The Kier molecular flexibility index (Phi) is 4.23. The third-order valence-electron chi connectivity index (χ3n) is 2.95. The van der Waals surface area contributed by atoms with Gasteiger partial charge in [-0.15, -0.1) is 0 Å². The molecule has 0 heterocycles. The van der Waals surface area contributed by atoms with E-state index in [1.165, 1.54) is 0 Å². The van der Waals surface area contributed by atoms with Gasteiger partial charge in [-0.3, -0.25) is 0 Å². The summed E-state index contributed by atoms with van der Waals surface area (Å²) in [5.74, 6) is 0.390. The average molecular weight is 284 g/mol. The Morgan fingerprint density at radius 3 is 2.38 bits per heavy atom. The first kappa shape index (κ1) is 14.6. The van der Waals surface area contributed by atoms with E-state index in [4.69, 9.17) is 10.5 Å². The van der Waals surface area contributed by atoms with Crippen molar-refractivity contribution >= 4 is 17.8 Å². The number of amides is 3. The molecule has 0 bridgehead atoms. The molecule has 2 rings (SSSR count). The third-order valence-corrected chi connectivity index (χ3v) is 2.95. The van der Waals surface area contributed by atoms with Gasteiger partial charge in [-0.2, -0.15) is 4.90 Å². The molecule has 2 aromatic carbocycles. The maximum Gasteiger partial charge on any atom is 0.428 e. The van der Waals surface area contributed by atoms with Crippen molar-refractivity contribution in [3.8, 4) is 5.75 Å². The lowest BCUT2D eigenvalue weighted by Crippen LogP contribution is -2.42. The van der Waals surface area contributed by atoms with Crippen LogP contribution in [-0.2, 0) is 0 Å². The topological polar surface area (TPSA) is 72.6 Å². The van der Waals surface area contributed by atoms with Crippen LogP contribution in [0.3, 0.4) is 0 Å². The first-order valence-electron chi connectivity index (χ1n) is 6.42. The molecule has 0 aliphatic rings. The van der Waals surface area contributed by atoms with Gasteiger partial charge >= 0.3 is 12.1 Å². The van der Waals surface area contributed by atoms with Crippen LogP contribution in [0, 0.1) is 13.8 Å². The molecule has 3 amide bonds. The molecule has 0 spiro atoms. The Labute approximate surface area is 122 Å². The number of hydrogen-bond donors (Lipinski definition) is 1. The minimum absolute atomic E-state index is 0.376. The maximum atomic E-state index is 12.2. The molecule has 0 atom stereocenters. The number of para-hydroxylation sites is 1. The highest BCUT2D eigenvalue weighted by atomic mass is 16.6. The molecule has 2 N–H and O–H groups in total. The fourth-order valence-electron chi connectivity index (χ4n) is 1.90. The lowest BCUT2D eigenvalue weighted by molar-refractivity contribution is 0.205. The van der Waals surface area contributed by atoms with Crippen LogP contribution in [0.15, 0.2) is 48.5 Å². The number of nitrogens with two attached hydrogens (primary N) is 1. The van der Waals surface area contributed by atoms with Crippen LogP contribution < -0.4 is 15.4 Å². The number of ether oxygens (including phenoxy) is 1. The zero-order valence-corrected chi connectivity index (χ0v) is 11.9. The second-order valence-corrected chi connectivity index (χ2v) is 4.65. The van der Waals surface area contributed by atoms with Crippen LogP contribution in [-0.4, -0.2) is 12.1 Å². The summed E-state index contributed by atoms with van der Waals surface area (Å²) in [7, 11) is 0. The van der Waals surface area contributed by atoms with E-state index in [2.05, 4.69) is 0 Å². The number of anilines is 1. The van der Waals surface area contributed by atoms with Crippen molar-refractivity contribution in [2.75, 3.05) is 4.90 Å². The Morgan fingerprint density at radius 2 is 1.76 bits per heavy atom. The van der Waals surface area contributed by atoms with Crippen LogP contribution in [0.4, 0.5) is 15.3 Å². The number of nitrogens with zero attached hydrogens (tertiary/aromatic N) is 1. The van der Waals surface area contributed by atoms with Gasteiger partial charge in [-0.25, -0.2) is 9.59 Å². The van der Waals surface area contributed by atoms with E-state index in [-0.39, 0.29) is 0 Å². The second kappa shape index (κ2) is 6.09. The summed E-state index contributed by atoms with van der Waals surface area (Å²) < 4.78 is 5.25.